The van der Waals surface area contributed by atoms with Crippen LogP contribution in [0.1, 0.15) is 40.2 Å². The van der Waals surface area contributed by atoms with Gasteiger partial charge in [-0.1, -0.05) is 29.8 Å². The van der Waals surface area contributed by atoms with Crippen molar-refractivity contribution in [3.05, 3.63) is 58.2 Å². The number of carbonyl (C=O) groups is 1. The van der Waals surface area contributed by atoms with Crippen LogP contribution in [0.2, 0.25) is 5.02 Å². The molecule has 0 saturated carbocycles. The van der Waals surface area contributed by atoms with Gasteiger partial charge in [0.1, 0.15) is 5.82 Å². The van der Waals surface area contributed by atoms with Gasteiger partial charge in [-0.2, -0.15) is 13.2 Å². The Bertz CT molecular complexity index is 818. The highest BCUT2D eigenvalue weighted by Gasteiger charge is 2.32. The van der Waals surface area contributed by atoms with Crippen molar-refractivity contribution in [3.8, 4) is 0 Å². The smallest absolute Gasteiger partial charge is 0.417 e. The van der Waals surface area contributed by atoms with Crippen molar-refractivity contribution in [2.24, 2.45) is 0 Å². The molecule has 0 amide bonds. The number of nitrogens with zero attached hydrogens (tertiary/aromatic N) is 2. The SMILES string of the molecule is O=C(O)c1ccccc1C1CCN(c2ncc(C(F)(F)F)cc2Cl)CC1. The van der Waals surface area contributed by atoms with Crippen LogP contribution in [0.3, 0.4) is 0 Å². The van der Waals surface area contributed by atoms with Crippen LogP contribution in [0, 0.1) is 0 Å². The first-order valence-electron chi connectivity index (χ1n) is 8.07. The highest BCUT2D eigenvalue weighted by Crippen LogP contribution is 2.36. The molecular weight excluding hydrogens is 369 g/mol. The van der Waals surface area contributed by atoms with E-state index in [2.05, 4.69) is 4.98 Å². The van der Waals surface area contributed by atoms with Crippen LogP contribution in [0.15, 0.2) is 36.5 Å². The number of anilines is 1. The molecule has 2 heterocycles. The third kappa shape index (κ3) is 3.77. The normalized spacial score (nSPS) is 15.9. The zero-order chi connectivity index (χ0) is 18.9. The number of pyridine rings is 1. The summed E-state index contributed by atoms with van der Waals surface area (Å²) < 4.78 is 38.2. The van der Waals surface area contributed by atoms with E-state index < -0.39 is 17.7 Å². The van der Waals surface area contributed by atoms with Crippen molar-refractivity contribution in [3.63, 3.8) is 0 Å². The Kier molecular flexibility index (Phi) is 5.09. The summed E-state index contributed by atoms with van der Waals surface area (Å²) in [5.41, 5.74) is 0.194. The van der Waals surface area contributed by atoms with E-state index in [1.165, 1.54) is 0 Å². The molecule has 1 aromatic heterocycles. The maximum Gasteiger partial charge on any atom is 0.417 e. The molecule has 0 aliphatic carbocycles. The summed E-state index contributed by atoms with van der Waals surface area (Å²) in [4.78, 5) is 17.1. The first kappa shape index (κ1) is 18.5. The van der Waals surface area contributed by atoms with Crippen LogP contribution in [-0.4, -0.2) is 29.1 Å². The number of piperidine rings is 1. The standard InChI is InChI=1S/C18H16ClF3N2O2/c19-15-9-12(18(20,21)22)10-23-16(15)24-7-5-11(6-8-24)13-3-1-2-4-14(13)17(25)26/h1-4,9-11H,5-8H2,(H,25,26). The van der Waals surface area contributed by atoms with E-state index in [9.17, 15) is 23.1 Å². The molecule has 1 saturated heterocycles. The lowest BCUT2D eigenvalue weighted by molar-refractivity contribution is -0.137. The molecule has 0 bridgehead atoms. The van der Waals surface area contributed by atoms with Crippen LogP contribution in [-0.2, 0) is 6.18 Å². The summed E-state index contributed by atoms with van der Waals surface area (Å²) >= 11 is 6.01. The number of benzene rings is 1. The van der Waals surface area contributed by atoms with Crippen LogP contribution < -0.4 is 4.90 Å². The van der Waals surface area contributed by atoms with E-state index in [-0.39, 0.29) is 16.5 Å². The van der Waals surface area contributed by atoms with E-state index in [1.54, 1.807) is 12.1 Å². The van der Waals surface area contributed by atoms with Crippen molar-refractivity contribution < 1.29 is 23.1 Å². The van der Waals surface area contributed by atoms with Gasteiger partial charge in [-0.05, 0) is 36.5 Å². The topological polar surface area (TPSA) is 53.4 Å². The molecule has 0 unspecified atom stereocenters. The third-order valence-electron chi connectivity index (χ3n) is 4.57. The lowest BCUT2D eigenvalue weighted by Crippen LogP contribution is -2.34. The summed E-state index contributed by atoms with van der Waals surface area (Å²) in [6, 6.07) is 7.78. The van der Waals surface area contributed by atoms with E-state index in [1.807, 2.05) is 17.0 Å². The number of hydrogen-bond donors (Lipinski definition) is 1. The third-order valence-corrected chi connectivity index (χ3v) is 4.85. The summed E-state index contributed by atoms with van der Waals surface area (Å²) in [7, 11) is 0. The van der Waals surface area contributed by atoms with Gasteiger partial charge in [0.15, 0.2) is 0 Å². The van der Waals surface area contributed by atoms with Gasteiger partial charge in [0.25, 0.3) is 0 Å². The minimum absolute atomic E-state index is 0.0378. The van der Waals surface area contributed by atoms with Crippen LogP contribution in [0.5, 0.6) is 0 Å². The Labute approximate surface area is 153 Å². The van der Waals surface area contributed by atoms with E-state index >= 15 is 0 Å². The molecule has 1 aromatic carbocycles. The van der Waals surface area contributed by atoms with Crippen LogP contribution in [0.25, 0.3) is 0 Å². The van der Waals surface area contributed by atoms with Gasteiger partial charge in [0.2, 0.25) is 0 Å². The monoisotopic (exact) mass is 384 g/mol. The van der Waals surface area contributed by atoms with Gasteiger partial charge in [-0.15, -0.1) is 0 Å². The summed E-state index contributed by atoms with van der Waals surface area (Å²) in [6.45, 7) is 1.08. The first-order valence-corrected chi connectivity index (χ1v) is 8.45. The van der Waals surface area contributed by atoms with E-state index in [0.717, 1.165) is 17.8 Å². The Balaban J connectivity index is 1.74. The molecule has 0 atom stereocenters. The minimum atomic E-state index is -4.48. The Morgan fingerprint density at radius 3 is 2.46 bits per heavy atom. The number of halogens is 4. The number of hydrogen-bond acceptors (Lipinski definition) is 3. The molecule has 1 aliphatic heterocycles. The molecule has 0 radical (unpaired) electrons. The quantitative estimate of drug-likeness (QED) is 0.823. The van der Waals surface area contributed by atoms with Crippen LogP contribution in [0.4, 0.5) is 19.0 Å². The maximum absolute atomic E-state index is 12.7. The second-order valence-electron chi connectivity index (χ2n) is 6.18. The highest BCUT2D eigenvalue weighted by atomic mass is 35.5. The molecule has 3 rings (SSSR count). The van der Waals surface area contributed by atoms with Gasteiger partial charge in [-0.3, -0.25) is 0 Å². The fourth-order valence-corrected chi connectivity index (χ4v) is 3.55. The predicted molar refractivity (Wildman–Crippen MR) is 91.8 cm³/mol. The van der Waals surface area contributed by atoms with Gasteiger partial charge in [0, 0.05) is 19.3 Å². The molecule has 8 heteroatoms. The van der Waals surface area contributed by atoms with Crippen LogP contribution >= 0.6 is 11.6 Å². The lowest BCUT2D eigenvalue weighted by atomic mass is 9.86. The fraction of sp³-hybridized carbons (Fsp3) is 0.333. The molecule has 26 heavy (non-hydrogen) atoms. The minimum Gasteiger partial charge on any atom is -0.478 e. The largest absolute Gasteiger partial charge is 0.478 e. The molecule has 4 nitrogen and oxygen atoms in total. The van der Waals surface area contributed by atoms with Gasteiger partial charge in [0.05, 0.1) is 16.1 Å². The number of carboxylic acids is 1. The average molecular weight is 385 g/mol. The predicted octanol–water partition coefficient (Wildman–Crippen LogP) is 4.84. The van der Waals surface area contributed by atoms with Gasteiger partial charge >= 0.3 is 12.1 Å². The highest BCUT2D eigenvalue weighted by molar-refractivity contribution is 6.33. The number of alkyl halides is 3. The summed E-state index contributed by atoms with van der Waals surface area (Å²) in [5.74, 6) is -0.563. The zero-order valence-corrected chi connectivity index (χ0v) is 14.4. The lowest BCUT2D eigenvalue weighted by Gasteiger charge is -2.34. The van der Waals surface area contributed by atoms with Crippen molar-refractivity contribution in [1.29, 1.82) is 0 Å². The molecule has 1 aliphatic rings. The number of rotatable bonds is 3. The van der Waals surface area contributed by atoms with E-state index in [4.69, 9.17) is 11.6 Å². The Morgan fingerprint density at radius 1 is 1.23 bits per heavy atom. The molecular formula is C18H16ClF3N2O2. The zero-order valence-electron chi connectivity index (χ0n) is 13.6. The first-order chi connectivity index (χ1) is 12.3. The molecule has 0 spiro atoms. The number of aromatic nitrogens is 1. The van der Waals surface area contributed by atoms with Crippen molar-refractivity contribution in [1.82, 2.24) is 4.98 Å². The van der Waals surface area contributed by atoms with Crippen molar-refractivity contribution in [2.45, 2.75) is 24.9 Å². The maximum atomic E-state index is 12.7. The van der Waals surface area contributed by atoms with Gasteiger partial charge in [-0.25, -0.2) is 9.78 Å². The molecule has 1 N–H and O–H groups in total. The number of carboxylic acid groups (broad SMARTS) is 1. The summed E-state index contributed by atoms with van der Waals surface area (Å²) in [6.07, 6.45) is -2.36. The molecule has 2 aromatic rings. The Hall–Kier alpha value is -2.28. The second-order valence-corrected chi connectivity index (χ2v) is 6.59. The molecule has 138 valence electrons. The van der Waals surface area contributed by atoms with Crippen molar-refractivity contribution >= 4 is 23.4 Å². The second kappa shape index (κ2) is 7.15. The van der Waals surface area contributed by atoms with E-state index in [0.29, 0.717) is 31.7 Å². The number of aromatic carboxylic acids is 1. The fourth-order valence-electron chi connectivity index (χ4n) is 3.27. The van der Waals surface area contributed by atoms with Crippen molar-refractivity contribution in [2.75, 3.05) is 18.0 Å². The Morgan fingerprint density at radius 2 is 1.88 bits per heavy atom. The molecule has 1 fully saturated rings. The average Bonchev–Trinajstić information content (AvgIpc) is 2.61. The summed E-state index contributed by atoms with van der Waals surface area (Å²) in [5, 5.41) is 9.29. The van der Waals surface area contributed by atoms with Gasteiger partial charge < -0.3 is 10.0 Å².